The summed E-state index contributed by atoms with van der Waals surface area (Å²) in [5, 5.41) is 3.08. The molecule has 3 N–H and O–H groups in total. The number of hydrogen-bond acceptors (Lipinski definition) is 3. The average molecular weight is 272 g/mol. The van der Waals surface area contributed by atoms with E-state index in [9.17, 15) is 13.6 Å². The van der Waals surface area contributed by atoms with E-state index in [4.69, 9.17) is 5.73 Å². The summed E-state index contributed by atoms with van der Waals surface area (Å²) in [5.41, 5.74) is 5.96. The van der Waals surface area contributed by atoms with Gasteiger partial charge in [0.15, 0.2) is 0 Å². The smallest absolute Gasteiger partial charge is 0.387 e. The number of amides is 1. The van der Waals surface area contributed by atoms with Gasteiger partial charge in [0.25, 0.3) is 0 Å². The first-order valence-corrected chi connectivity index (χ1v) is 6.04. The number of hydrogen-bond donors (Lipinski definition) is 2. The van der Waals surface area contributed by atoms with Crippen molar-refractivity contribution in [2.75, 3.05) is 0 Å². The van der Waals surface area contributed by atoms with E-state index in [-0.39, 0.29) is 11.8 Å². The molecule has 0 fully saturated rings. The summed E-state index contributed by atoms with van der Waals surface area (Å²) in [4.78, 5) is 11.4. The minimum atomic E-state index is -2.86. The summed E-state index contributed by atoms with van der Waals surface area (Å²) < 4.78 is 28.3. The summed E-state index contributed by atoms with van der Waals surface area (Å²) in [6.45, 7) is 1.05. The van der Waals surface area contributed by atoms with Crippen LogP contribution in [0.1, 0.15) is 31.9 Å². The molecule has 0 aliphatic heterocycles. The van der Waals surface area contributed by atoms with E-state index in [0.29, 0.717) is 5.56 Å². The highest BCUT2D eigenvalue weighted by molar-refractivity contribution is 5.81. The van der Waals surface area contributed by atoms with Crippen LogP contribution < -0.4 is 15.8 Å². The molecule has 1 aromatic carbocycles. The Morgan fingerprint density at radius 3 is 2.37 bits per heavy atom. The molecule has 0 saturated carbocycles. The number of benzene rings is 1. The number of ether oxygens (including phenoxy) is 1. The van der Waals surface area contributed by atoms with E-state index in [2.05, 4.69) is 10.1 Å². The van der Waals surface area contributed by atoms with Gasteiger partial charge in [-0.15, -0.1) is 0 Å². The van der Waals surface area contributed by atoms with Crippen molar-refractivity contribution in [2.45, 2.75) is 39.0 Å². The zero-order chi connectivity index (χ0) is 14.4. The first kappa shape index (κ1) is 15.4. The second-order valence-corrected chi connectivity index (χ2v) is 4.26. The molecule has 0 aromatic heterocycles. The van der Waals surface area contributed by atoms with Crippen molar-refractivity contribution >= 4 is 5.91 Å². The number of carbonyl (C=O) groups excluding carboxylic acids is 1. The third kappa shape index (κ3) is 4.82. The Morgan fingerprint density at radius 2 is 1.95 bits per heavy atom. The molecule has 0 radical (unpaired) electrons. The van der Waals surface area contributed by atoms with Crippen molar-refractivity contribution < 1.29 is 18.3 Å². The number of rotatable bonds is 7. The van der Waals surface area contributed by atoms with E-state index in [1.807, 2.05) is 13.8 Å². The molecular formula is C13H18F2N2O2. The van der Waals surface area contributed by atoms with Crippen molar-refractivity contribution in [3.05, 3.63) is 29.8 Å². The van der Waals surface area contributed by atoms with Crippen LogP contribution >= 0.6 is 0 Å². The van der Waals surface area contributed by atoms with E-state index in [0.717, 1.165) is 6.42 Å². The molecule has 0 heterocycles. The number of nitrogens with one attached hydrogen (secondary N) is 1. The fourth-order valence-electron chi connectivity index (χ4n) is 1.59. The number of carbonyl (C=O) groups is 1. The van der Waals surface area contributed by atoms with Crippen LogP contribution in [-0.2, 0) is 4.79 Å². The topological polar surface area (TPSA) is 64.3 Å². The highest BCUT2D eigenvalue weighted by Gasteiger charge is 2.19. The van der Waals surface area contributed by atoms with Gasteiger partial charge in [-0.05, 0) is 31.0 Å². The van der Waals surface area contributed by atoms with Crippen LogP contribution in [0.25, 0.3) is 0 Å². The lowest BCUT2D eigenvalue weighted by molar-refractivity contribution is -0.120. The van der Waals surface area contributed by atoms with Gasteiger partial charge in [0, 0.05) is 6.04 Å². The highest BCUT2D eigenvalue weighted by atomic mass is 19.3. The quantitative estimate of drug-likeness (QED) is 0.799. The molecule has 1 rings (SSSR count). The van der Waals surface area contributed by atoms with Crippen LogP contribution in [0, 0.1) is 0 Å². The summed E-state index contributed by atoms with van der Waals surface area (Å²) in [6.07, 6.45) is 0.844. The normalized spacial score (nSPS) is 14.2. The van der Waals surface area contributed by atoms with Gasteiger partial charge in [-0.2, -0.15) is 8.78 Å². The summed E-state index contributed by atoms with van der Waals surface area (Å²) in [7, 11) is 0. The number of nitrogens with two attached hydrogens (primary N) is 1. The largest absolute Gasteiger partial charge is 0.435 e. The van der Waals surface area contributed by atoms with E-state index in [1.165, 1.54) is 12.1 Å². The first-order valence-electron chi connectivity index (χ1n) is 6.04. The molecule has 19 heavy (non-hydrogen) atoms. The Bertz CT molecular complexity index is 410. The number of alkyl halides is 2. The lowest BCUT2D eigenvalue weighted by atomic mass is 10.0. The Labute approximate surface area is 110 Å². The zero-order valence-corrected chi connectivity index (χ0v) is 10.9. The third-order valence-electron chi connectivity index (χ3n) is 2.79. The number of halogens is 2. The van der Waals surface area contributed by atoms with Crippen molar-refractivity contribution in [3.8, 4) is 5.75 Å². The summed E-state index contributed by atoms with van der Waals surface area (Å²) in [5.74, 6) is -0.465. The molecule has 0 saturated heterocycles. The second-order valence-electron chi connectivity index (χ2n) is 4.26. The Kier molecular flexibility index (Phi) is 5.69. The van der Waals surface area contributed by atoms with Crippen molar-refractivity contribution in [1.29, 1.82) is 0 Å². The fourth-order valence-corrected chi connectivity index (χ4v) is 1.59. The van der Waals surface area contributed by atoms with Crippen LogP contribution in [-0.4, -0.2) is 18.6 Å². The molecule has 4 nitrogen and oxygen atoms in total. The molecule has 0 spiro atoms. The lowest BCUT2D eigenvalue weighted by Gasteiger charge is -2.20. The van der Waals surface area contributed by atoms with Gasteiger partial charge in [-0.1, -0.05) is 19.1 Å². The highest BCUT2D eigenvalue weighted by Crippen LogP contribution is 2.20. The lowest BCUT2D eigenvalue weighted by Crippen LogP contribution is -2.38. The predicted molar refractivity (Wildman–Crippen MR) is 67.9 cm³/mol. The standard InChI is InChI=1S/C13H18F2N2O2/c1-3-8(2)17-11(12(16)18)9-4-6-10(7-5-9)19-13(14)15/h4-8,11,13,17H,3H2,1-2H3,(H2,16,18). The van der Waals surface area contributed by atoms with Crippen LogP contribution in [0.3, 0.4) is 0 Å². The molecular weight excluding hydrogens is 254 g/mol. The van der Waals surface area contributed by atoms with Crippen LogP contribution in [0.2, 0.25) is 0 Å². The predicted octanol–water partition coefficient (Wildman–Crippen LogP) is 2.20. The average Bonchev–Trinajstić information content (AvgIpc) is 2.35. The monoisotopic (exact) mass is 272 g/mol. The summed E-state index contributed by atoms with van der Waals surface area (Å²) >= 11 is 0. The van der Waals surface area contributed by atoms with Gasteiger partial charge in [-0.3, -0.25) is 10.1 Å². The Morgan fingerprint density at radius 1 is 1.37 bits per heavy atom. The Hall–Kier alpha value is -1.69. The minimum Gasteiger partial charge on any atom is -0.435 e. The zero-order valence-electron chi connectivity index (χ0n) is 10.9. The molecule has 106 valence electrons. The van der Waals surface area contributed by atoms with Gasteiger partial charge >= 0.3 is 6.61 Å². The van der Waals surface area contributed by atoms with E-state index >= 15 is 0 Å². The van der Waals surface area contributed by atoms with Crippen LogP contribution in [0.5, 0.6) is 5.75 Å². The Balaban J connectivity index is 2.82. The maximum atomic E-state index is 12.0. The van der Waals surface area contributed by atoms with Gasteiger partial charge < -0.3 is 10.5 Å². The van der Waals surface area contributed by atoms with Crippen LogP contribution in [0.15, 0.2) is 24.3 Å². The maximum absolute atomic E-state index is 12.0. The maximum Gasteiger partial charge on any atom is 0.387 e. The second kappa shape index (κ2) is 7.04. The van der Waals surface area contributed by atoms with Crippen molar-refractivity contribution in [2.24, 2.45) is 5.73 Å². The minimum absolute atomic E-state index is 0.0468. The molecule has 2 atom stereocenters. The molecule has 1 aromatic rings. The van der Waals surface area contributed by atoms with Gasteiger partial charge in [0.05, 0.1) is 0 Å². The molecule has 1 amide bonds. The SMILES string of the molecule is CCC(C)NC(C(N)=O)c1ccc(OC(F)F)cc1. The molecule has 2 unspecified atom stereocenters. The molecule has 0 aliphatic carbocycles. The molecule has 0 bridgehead atoms. The van der Waals surface area contributed by atoms with Crippen LogP contribution in [0.4, 0.5) is 8.78 Å². The third-order valence-corrected chi connectivity index (χ3v) is 2.79. The van der Waals surface area contributed by atoms with E-state index < -0.39 is 18.6 Å². The molecule has 0 aliphatic rings. The molecule has 6 heteroatoms. The van der Waals surface area contributed by atoms with Gasteiger partial charge in [-0.25, -0.2) is 0 Å². The van der Waals surface area contributed by atoms with E-state index in [1.54, 1.807) is 12.1 Å². The fraction of sp³-hybridized carbons (Fsp3) is 0.462. The van der Waals surface area contributed by atoms with Gasteiger partial charge in [0.1, 0.15) is 11.8 Å². The number of primary amides is 1. The van der Waals surface area contributed by atoms with Crippen molar-refractivity contribution in [1.82, 2.24) is 5.32 Å². The van der Waals surface area contributed by atoms with Gasteiger partial charge in [0.2, 0.25) is 5.91 Å². The van der Waals surface area contributed by atoms with Crippen molar-refractivity contribution in [3.63, 3.8) is 0 Å². The summed E-state index contributed by atoms with van der Waals surface area (Å²) in [6, 6.07) is 5.33. The first-order chi connectivity index (χ1) is 8.93.